The molecule has 0 saturated carbocycles. The van der Waals surface area contributed by atoms with E-state index in [-0.39, 0.29) is 11.5 Å². The maximum absolute atomic E-state index is 13.8. The number of hydrogen-bond acceptors (Lipinski definition) is 2. The fourth-order valence-electron chi connectivity index (χ4n) is 2.52. The number of thioether (sulfide) groups is 1. The zero-order valence-corrected chi connectivity index (χ0v) is 11.0. The predicted molar refractivity (Wildman–Crippen MR) is 73.2 cm³/mol. The number of rotatable bonds is 2. The Balaban J connectivity index is 2.00. The Hall–Kier alpha value is -1.39. The summed E-state index contributed by atoms with van der Waals surface area (Å²) < 4.78 is 27.6. The van der Waals surface area contributed by atoms with Crippen LogP contribution < -0.4 is 5.73 Å². The normalized spacial score (nSPS) is 19.2. The standard InChI is InChI=1S/C15H13F2NS/c16-11-5-3-6-12(17)14(11)15(18)10-8-19-13-7-2-1-4-9(10)13/h1-7,10,15H,8,18H2. The largest absolute Gasteiger partial charge is 0.323 e. The van der Waals surface area contributed by atoms with E-state index in [2.05, 4.69) is 0 Å². The molecule has 1 aliphatic heterocycles. The average molecular weight is 277 g/mol. The maximum atomic E-state index is 13.8. The molecule has 1 nitrogen and oxygen atoms in total. The van der Waals surface area contributed by atoms with Gasteiger partial charge in [-0.25, -0.2) is 8.78 Å². The van der Waals surface area contributed by atoms with Crippen LogP contribution in [0.1, 0.15) is 23.1 Å². The summed E-state index contributed by atoms with van der Waals surface area (Å²) in [7, 11) is 0. The second kappa shape index (κ2) is 4.94. The monoisotopic (exact) mass is 277 g/mol. The molecule has 0 aromatic heterocycles. The Labute approximate surface area is 114 Å². The average Bonchev–Trinajstić information content (AvgIpc) is 2.82. The quantitative estimate of drug-likeness (QED) is 0.902. The van der Waals surface area contributed by atoms with Gasteiger partial charge in [0.15, 0.2) is 0 Å². The lowest BCUT2D eigenvalue weighted by atomic mass is 9.89. The SMILES string of the molecule is NC(c1c(F)cccc1F)C1CSc2ccccc21. The predicted octanol–water partition coefficient (Wildman–Crippen LogP) is 3.85. The number of fused-ring (bicyclic) bond motifs is 1. The van der Waals surface area contributed by atoms with Gasteiger partial charge >= 0.3 is 0 Å². The summed E-state index contributed by atoms with van der Waals surface area (Å²) in [6.45, 7) is 0. The van der Waals surface area contributed by atoms with Crippen molar-refractivity contribution >= 4 is 11.8 Å². The fourth-order valence-corrected chi connectivity index (χ4v) is 3.82. The van der Waals surface area contributed by atoms with Crippen molar-refractivity contribution in [2.75, 3.05) is 5.75 Å². The first-order valence-corrected chi connectivity index (χ1v) is 7.08. The Bertz CT molecular complexity index is 595. The molecule has 0 bridgehead atoms. The molecule has 2 unspecified atom stereocenters. The van der Waals surface area contributed by atoms with Crippen molar-refractivity contribution < 1.29 is 8.78 Å². The number of halogens is 2. The third kappa shape index (κ3) is 2.15. The molecular weight excluding hydrogens is 264 g/mol. The minimum absolute atomic E-state index is 0.00944. The van der Waals surface area contributed by atoms with Gasteiger partial charge < -0.3 is 5.73 Å². The van der Waals surface area contributed by atoms with Crippen molar-refractivity contribution in [3.63, 3.8) is 0 Å². The van der Waals surface area contributed by atoms with Crippen LogP contribution in [0.5, 0.6) is 0 Å². The number of benzene rings is 2. The minimum Gasteiger partial charge on any atom is -0.323 e. The van der Waals surface area contributed by atoms with Gasteiger partial charge in [0.2, 0.25) is 0 Å². The van der Waals surface area contributed by atoms with Gasteiger partial charge in [-0.1, -0.05) is 24.3 Å². The summed E-state index contributed by atoms with van der Waals surface area (Å²) in [5, 5.41) is 0. The summed E-state index contributed by atoms with van der Waals surface area (Å²) >= 11 is 1.69. The molecule has 1 heterocycles. The lowest BCUT2D eigenvalue weighted by Gasteiger charge is -2.21. The molecule has 0 radical (unpaired) electrons. The van der Waals surface area contributed by atoms with Crippen molar-refractivity contribution in [1.29, 1.82) is 0 Å². The van der Waals surface area contributed by atoms with Gasteiger partial charge in [-0.05, 0) is 23.8 Å². The summed E-state index contributed by atoms with van der Waals surface area (Å²) in [6.07, 6.45) is 0. The lowest BCUT2D eigenvalue weighted by molar-refractivity contribution is 0.498. The Morgan fingerprint density at radius 1 is 1.05 bits per heavy atom. The van der Waals surface area contributed by atoms with Crippen molar-refractivity contribution in [3.8, 4) is 0 Å². The van der Waals surface area contributed by atoms with Crippen molar-refractivity contribution in [2.24, 2.45) is 5.73 Å². The zero-order chi connectivity index (χ0) is 13.4. The number of hydrogen-bond donors (Lipinski definition) is 1. The van der Waals surface area contributed by atoms with Gasteiger partial charge in [0.25, 0.3) is 0 Å². The Morgan fingerprint density at radius 3 is 2.47 bits per heavy atom. The highest BCUT2D eigenvalue weighted by molar-refractivity contribution is 7.99. The minimum atomic E-state index is -0.655. The van der Waals surface area contributed by atoms with Crippen molar-refractivity contribution in [3.05, 3.63) is 65.2 Å². The Kier molecular flexibility index (Phi) is 3.29. The summed E-state index contributed by atoms with van der Waals surface area (Å²) in [5.74, 6) is -0.426. The molecule has 2 aromatic carbocycles. The molecule has 2 aromatic rings. The van der Waals surface area contributed by atoms with Crippen LogP contribution in [0, 0.1) is 11.6 Å². The smallest absolute Gasteiger partial charge is 0.130 e. The molecule has 0 fully saturated rings. The first kappa shape index (κ1) is 12.6. The van der Waals surface area contributed by atoms with E-state index in [0.717, 1.165) is 16.2 Å². The Morgan fingerprint density at radius 2 is 1.74 bits per heavy atom. The van der Waals surface area contributed by atoms with Gasteiger partial charge in [0, 0.05) is 28.2 Å². The highest BCUT2D eigenvalue weighted by Gasteiger charge is 2.31. The third-order valence-corrected chi connectivity index (χ3v) is 4.71. The maximum Gasteiger partial charge on any atom is 0.130 e. The second-order valence-corrected chi connectivity index (χ2v) is 5.68. The molecule has 4 heteroatoms. The molecule has 2 atom stereocenters. The van der Waals surface area contributed by atoms with Gasteiger partial charge in [-0.15, -0.1) is 11.8 Å². The van der Waals surface area contributed by atoms with E-state index in [4.69, 9.17) is 5.73 Å². The number of nitrogens with two attached hydrogens (primary N) is 1. The van der Waals surface area contributed by atoms with E-state index in [1.807, 2.05) is 24.3 Å². The summed E-state index contributed by atoms with van der Waals surface area (Å²) in [6, 6.07) is 11.1. The molecule has 0 aliphatic carbocycles. The fraction of sp³-hybridized carbons (Fsp3) is 0.200. The van der Waals surface area contributed by atoms with Crippen molar-refractivity contribution in [2.45, 2.75) is 16.9 Å². The third-order valence-electron chi connectivity index (χ3n) is 3.50. The summed E-state index contributed by atoms with van der Waals surface area (Å²) in [4.78, 5) is 1.15. The molecule has 0 amide bonds. The molecule has 98 valence electrons. The molecule has 1 aliphatic rings. The van der Waals surface area contributed by atoms with Crippen LogP contribution in [0.3, 0.4) is 0 Å². The molecule has 3 rings (SSSR count). The van der Waals surface area contributed by atoms with Crippen molar-refractivity contribution in [1.82, 2.24) is 0 Å². The van der Waals surface area contributed by atoms with Crippen LogP contribution in [0.25, 0.3) is 0 Å². The van der Waals surface area contributed by atoms with E-state index in [1.165, 1.54) is 18.2 Å². The molecule has 0 spiro atoms. The highest BCUT2D eigenvalue weighted by atomic mass is 32.2. The van der Waals surface area contributed by atoms with Gasteiger partial charge in [0.1, 0.15) is 11.6 Å². The molecule has 2 N–H and O–H groups in total. The first-order valence-electron chi connectivity index (χ1n) is 6.09. The van der Waals surface area contributed by atoms with Crippen LogP contribution in [0.15, 0.2) is 47.4 Å². The van der Waals surface area contributed by atoms with Crippen LogP contribution in [0.2, 0.25) is 0 Å². The highest BCUT2D eigenvalue weighted by Crippen LogP contribution is 2.45. The van der Waals surface area contributed by atoms with E-state index in [0.29, 0.717) is 0 Å². The van der Waals surface area contributed by atoms with Crippen LogP contribution in [-0.4, -0.2) is 5.75 Å². The van der Waals surface area contributed by atoms with E-state index in [9.17, 15) is 8.78 Å². The van der Waals surface area contributed by atoms with Crippen LogP contribution in [-0.2, 0) is 0 Å². The van der Waals surface area contributed by atoms with E-state index >= 15 is 0 Å². The molecule has 19 heavy (non-hydrogen) atoms. The zero-order valence-electron chi connectivity index (χ0n) is 10.1. The van der Waals surface area contributed by atoms with Crippen LogP contribution in [0.4, 0.5) is 8.78 Å². The van der Waals surface area contributed by atoms with E-state index < -0.39 is 17.7 Å². The summed E-state index contributed by atoms with van der Waals surface area (Å²) in [5.41, 5.74) is 7.20. The topological polar surface area (TPSA) is 26.0 Å². The van der Waals surface area contributed by atoms with Gasteiger partial charge in [-0.2, -0.15) is 0 Å². The van der Waals surface area contributed by atoms with Gasteiger partial charge in [0.05, 0.1) is 0 Å². The second-order valence-electron chi connectivity index (χ2n) is 4.62. The first-order chi connectivity index (χ1) is 9.18. The van der Waals surface area contributed by atoms with E-state index in [1.54, 1.807) is 11.8 Å². The molecular formula is C15H13F2NS. The van der Waals surface area contributed by atoms with Gasteiger partial charge in [-0.3, -0.25) is 0 Å². The lowest BCUT2D eigenvalue weighted by Crippen LogP contribution is -2.22. The van der Waals surface area contributed by atoms with Crippen LogP contribution >= 0.6 is 11.8 Å². The molecule has 0 saturated heterocycles.